The molecule has 1 N–H and O–H groups in total. The number of hydrogen-bond donors (Lipinski definition) is 1. The van der Waals surface area contributed by atoms with Gasteiger partial charge in [0.05, 0.1) is 31.5 Å². The van der Waals surface area contributed by atoms with Crippen molar-refractivity contribution in [3.63, 3.8) is 0 Å². The average Bonchev–Trinajstić information content (AvgIpc) is 2.73. The smallest absolute Gasteiger partial charge is 0.416 e. The molecule has 0 atom stereocenters. The van der Waals surface area contributed by atoms with Crippen molar-refractivity contribution in [3.05, 3.63) is 59.2 Å². The van der Waals surface area contributed by atoms with Crippen LogP contribution in [-0.4, -0.2) is 45.3 Å². The fourth-order valence-corrected chi connectivity index (χ4v) is 2.95. The number of morpholine rings is 1. The van der Waals surface area contributed by atoms with E-state index in [1.807, 2.05) is 0 Å². The number of halogens is 3. The molecule has 0 aromatic heterocycles. The summed E-state index contributed by atoms with van der Waals surface area (Å²) in [7, 11) is 1.07. The molecule has 29 heavy (non-hydrogen) atoms. The number of amides is 1. The van der Waals surface area contributed by atoms with Gasteiger partial charge in [-0.25, -0.2) is 4.79 Å². The molecule has 0 unspecified atom stereocenters. The summed E-state index contributed by atoms with van der Waals surface area (Å²) in [4.78, 5) is 26.3. The zero-order chi connectivity index (χ0) is 21.0. The van der Waals surface area contributed by atoms with E-state index in [2.05, 4.69) is 15.0 Å². The lowest BCUT2D eigenvalue weighted by Crippen LogP contribution is -2.36. The van der Waals surface area contributed by atoms with Crippen LogP contribution in [0, 0.1) is 0 Å². The molecule has 0 radical (unpaired) electrons. The van der Waals surface area contributed by atoms with E-state index in [0.717, 1.165) is 38.0 Å². The van der Waals surface area contributed by atoms with E-state index in [1.54, 1.807) is 24.3 Å². The van der Waals surface area contributed by atoms with E-state index in [9.17, 15) is 22.8 Å². The van der Waals surface area contributed by atoms with Gasteiger partial charge in [0.2, 0.25) is 0 Å². The second-order valence-corrected chi connectivity index (χ2v) is 6.39. The fraction of sp³-hybridized carbons (Fsp3) is 0.300. The molecule has 2 aromatic rings. The first-order valence-corrected chi connectivity index (χ1v) is 8.82. The summed E-state index contributed by atoms with van der Waals surface area (Å²) < 4.78 is 49.1. The molecule has 0 bridgehead atoms. The summed E-state index contributed by atoms with van der Waals surface area (Å²) in [6.07, 6.45) is -4.68. The lowest BCUT2D eigenvalue weighted by atomic mass is 10.1. The van der Waals surface area contributed by atoms with Gasteiger partial charge in [0.15, 0.2) is 0 Å². The Balaban J connectivity index is 1.79. The van der Waals surface area contributed by atoms with Gasteiger partial charge in [-0.15, -0.1) is 0 Å². The topological polar surface area (TPSA) is 67.9 Å². The van der Waals surface area contributed by atoms with Crippen LogP contribution >= 0.6 is 0 Å². The molecule has 1 saturated heterocycles. The molecule has 1 fully saturated rings. The van der Waals surface area contributed by atoms with E-state index in [-0.39, 0.29) is 16.8 Å². The normalized spacial score (nSPS) is 14.4. The van der Waals surface area contributed by atoms with E-state index >= 15 is 0 Å². The minimum absolute atomic E-state index is 0.150. The highest BCUT2D eigenvalue weighted by molar-refractivity contribution is 6.05. The predicted octanol–water partition coefficient (Wildman–Crippen LogP) is 3.58. The van der Waals surface area contributed by atoms with E-state index < -0.39 is 23.6 Å². The molecular weight excluding hydrogens is 389 g/mol. The second-order valence-electron chi connectivity index (χ2n) is 6.39. The maximum Gasteiger partial charge on any atom is 0.416 e. The number of anilines is 2. The molecule has 1 aliphatic rings. The molecule has 2 aromatic carbocycles. The van der Waals surface area contributed by atoms with E-state index in [1.165, 1.54) is 0 Å². The molecule has 0 aliphatic carbocycles. The highest BCUT2D eigenvalue weighted by Crippen LogP contribution is 2.32. The second kappa shape index (κ2) is 8.52. The Hall–Kier alpha value is -3.07. The Labute approximate surface area is 165 Å². The van der Waals surface area contributed by atoms with Crippen molar-refractivity contribution in [2.24, 2.45) is 0 Å². The Bertz CT molecular complexity index is 892. The van der Waals surface area contributed by atoms with Crippen molar-refractivity contribution in [1.29, 1.82) is 0 Å². The first-order valence-electron chi connectivity index (χ1n) is 8.82. The fourth-order valence-electron chi connectivity index (χ4n) is 2.95. The van der Waals surface area contributed by atoms with Crippen LogP contribution in [0.4, 0.5) is 24.5 Å². The quantitative estimate of drug-likeness (QED) is 0.784. The Morgan fingerprint density at radius 3 is 2.28 bits per heavy atom. The Morgan fingerprint density at radius 1 is 1.03 bits per heavy atom. The summed E-state index contributed by atoms with van der Waals surface area (Å²) in [6, 6.07) is 9.31. The number of carbonyl (C=O) groups is 2. The number of alkyl halides is 3. The van der Waals surface area contributed by atoms with Crippen LogP contribution in [-0.2, 0) is 15.7 Å². The molecule has 1 aliphatic heterocycles. The number of esters is 1. The maximum atomic E-state index is 13.1. The van der Waals surface area contributed by atoms with Crippen LogP contribution in [0.3, 0.4) is 0 Å². The van der Waals surface area contributed by atoms with Gasteiger partial charge in [0.1, 0.15) is 0 Å². The van der Waals surface area contributed by atoms with Crippen LogP contribution in [0.2, 0.25) is 0 Å². The number of nitrogens with one attached hydrogen (secondary N) is 1. The predicted molar refractivity (Wildman–Crippen MR) is 100 cm³/mol. The molecule has 1 heterocycles. The summed E-state index contributed by atoms with van der Waals surface area (Å²) in [6.45, 7) is 2.73. The first kappa shape index (κ1) is 20.7. The molecular formula is C20H19F3N2O4. The number of ether oxygens (including phenoxy) is 2. The van der Waals surface area contributed by atoms with Gasteiger partial charge < -0.3 is 19.7 Å². The summed E-state index contributed by atoms with van der Waals surface area (Å²) in [5, 5.41) is 2.41. The number of rotatable bonds is 4. The average molecular weight is 408 g/mol. The monoisotopic (exact) mass is 408 g/mol. The zero-order valence-corrected chi connectivity index (χ0v) is 15.6. The Kier molecular flexibility index (Phi) is 6.07. The van der Waals surface area contributed by atoms with Crippen molar-refractivity contribution in [3.8, 4) is 0 Å². The highest BCUT2D eigenvalue weighted by atomic mass is 19.4. The van der Waals surface area contributed by atoms with Crippen LogP contribution < -0.4 is 10.2 Å². The molecule has 9 heteroatoms. The number of nitrogens with zero attached hydrogens (tertiary/aromatic N) is 1. The minimum Gasteiger partial charge on any atom is -0.465 e. The summed E-state index contributed by atoms with van der Waals surface area (Å²) >= 11 is 0. The molecule has 6 nitrogen and oxygen atoms in total. The lowest BCUT2D eigenvalue weighted by Gasteiger charge is -2.28. The molecule has 1 amide bonds. The van der Waals surface area contributed by atoms with Crippen LogP contribution in [0.25, 0.3) is 0 Å². The van der Waals surface area contributed by atoms with Crippen molar-refractivity contribution in [2.75, 3.05) is 43.6 Å². The van der Waals surface area contributed by atoms with E-state index in [4.69, 9.17) is 4.74 Å². The highest BCUT2D eigenvalue weighted by Gasteiger charge is 2.32. The molecule has 154 valence electrons. The van der Waals surface area contributed by atoms with Crippen LogP contribution in [0.1, 0.15) is 26.3 Å². The lowest BCUT2D eigenvalue weighted by molar-refractivity contribution is -0.137. The molecule has 3 rings (SSSR count). The van der Waals surface area contributed by atoms with Gasteiger partial charge >= 0.3 is 12.1 Å². The largest absolute Gasteiger partial charge is 0.465 e. The first-order chi connectivity index (χ1) is 13.8. The van der Waals surface area contributed by atoms with Gasteiger partial charge in [-0.2, -0.15) is 13.2 Å². The summed E-state index contributed by atoms with van der Waals surface area (Å²) in [5.74, 6) is -1.52. The SMILES string of the molecule is COC(=O)c1cc(NC(=O)c2ccc(N3CCOCC3)cc2)cc(C(F)(F)F)c1. The standard InChI is InChI=1S/C20H19F3N2O4/c1-28-19(27)14-10-15(20(21,22)23)12-16(11-14)24-18(26)13-2-4-17(5-3-13)25-6-8-29-9-7-25/h2-5,10-12H,6-9H2,1H3,(H,24,26). The van der Waals surface area contributed by atoms with Gasteiger partial charge in [0, 0.05) is 30.0 Å². The Morgan fingerprint density at radius 2 is 1.69 bits per heavy atom. The summed E-state index contributed by atoms with van der Waals surface area (Å²) in [5.41, 5.74) is -0.308. The van der Waals surface area contributed by atoms with Crippen LogP contribution in [0.5, 0.6) is 0 Å². The van der Waals surface area contributed by atoms with Gasteiger partial charge in [-0.1, -0.05) is 0 Å². The van der Waals surface area contributed by atoms with Crippen LogP contribution in [0.15, 0.2) is 42.5 Å². The number of benzene rings is 2. The minimum atomic E-state index is -4.68. The van der Waals surface area contributed by atoms with Crippen molar-refractivity contribution < 1.29 is 32.2 Å². The van der Waals surface area contributed by atoms with Gasteiger partial charge in [0.25, 0.3) is 5.91 Å². The maximum absolute atomic E-state index is 13.1. The van der Waals surface area contributed by atoms with Gasteiger partial charge in [-0.05, 0) is 42.5 Å². The number of carbonyl (C=O) groups excluding carboxylic acids is 2. The van der Waals surface area contributed by atoms with Gasteiger partial charge in [-0.3, -0.25) is 4.79 Å². The van der Waals surface area contributed by atoms with Crippen molar-refractivity contribution in [2.45, 2.75) is 6.18 Å². The number of methoxy groups -OCH3 is 1. The number of hydrogen-bond acceptors (Lipinski definition) is 5. The molecule has 0 spiro atoms. The van der Waals surface area contributed by atoms with Crippen molar-refractivity contribution >= 4 is 23.3 Å². The third kappa shape index (κ3) is 5.05. The third-order valence-electron chi connectivity index (χ3n) is 4.45. The van der Waals surface area contributed by atoms with E-state index in [0.29, 0.717) is 19.3 Å². The van der Waals surface area contributed by atoms with Crippen molar-refractivity contribution in [1.82, 2.24) is 0 Å². The third-order valence-corrected chi connectivity index (χ3v) is 4.45. The zero-order valence-electron chi connectivity index (χ0n) is 15.6. The molecule has 0 saturated carbocycles.